The smallest absolute Gasteiger partial charge is 0.348 e. The normalized spacial score (nSPS) is 14.5. The van der Waals surface area contributed by atoms with Gasteiger partial charge in [0.1, 0.15) is 17.2 Å². The Morgan fingerprint density at radius 3 is 2.73 bits per heavy atom. The maximum Gasteiger partial charge on any atom is 0.348 e. The van der Waals surface area contributed by atoms with Crippen molar-refractivity contribution >= 4 is 23.0 Å². The van der Waals surface area contributed by atoms with E-state index >= 15 is 0 Å². The summed E-state index contributed by atoms with van der Waals surface area (Å²) in [6.07, 6.45) is 5.57. The molecule has 1 aromatic carbocycles. The zero-order valence-corrected chi connectivity index (χ0v) is 19.2. The van der Waals surface area contributed by atoms with Crippen LogP contribution in [-0.4, -0.2) is 71.9 Å². The van der Waals surface area contributed by atoms with E-state index in [2.05, 4.69) is 20.3 Å². The molecule has 4 heterocycles. The van der Waals surface area contributed by atoms with Gasteiger partial charge in [-0.1, -0.05) is 12.1 Å². The first-order chi connectivity index (χ1) is 16.2. The lowest BCUT2D eigenvalue weighted by atomic mass is 10.1. The van der Waals surface area contributed by atoms with E-state index in [-0.39, 0.29) is 5.97 Å². The number of esters is 1. The Kier molecular flexibility index (Phi) is 6.34. The molecule has 0 spiro atoms. The molecule has 1 aliphatic heterocycles. The van der Waals surface area contributed by atoms with Crippen LogP contribution in [0.3, 0.4) is 0 Å². The number of aromatic nitrogens is 3. The van der Waals surface area contributed by atoms with Crippen LogP contribution in [0, 0.1) is 0 Å². The van der Waals surface area contributed by atoms with Gasteiger partial charge in [0.15, 0.2) is 5.65 Å². The summed E-state index contributed by atoms with van der Waals surface area (Å²) < 4.78 is 12.5. The largest absolute Gasteiger partial charge is 0.492 e. The number of rotatable bonds is 7. The van der Waals surface area contributed by atoms with Crippen LogP contribution in [0.15, 0.2) is 54.3 Å². The van der Waals surface area contributed by atoms with Gasteiger partial charge in [-0.25, -0.2) is 14.3 Å². The van der Waals surface area contributed by atoms with Crippen molar-refractivity contribution in [1.29, 1.82) is 0 Å². The highest BCUT2D eigenvalue weighted by atomic mass is 32.1. The molecule has 9 heteroatoms. The fourth-order valence-corrected chi connectivity index (χ4v) is 4.71. The van der Waals surface area contributed by atoms with Gasteiger partial charge in [0.05, 0.1) is 13.3 Å². The van der Waals surface area contributed by atoms with Gasteiger partial charge >= 0.3 is 5.97 Å². The first kappa shape index (κ1) is 21.6. The second kappa shape index (κ2) is 9.70. The molecule has 0 amide bonds. The number of nitrogens with one attached hydrogen (secondary N) is 1. The Bertz CT molecular complexity index is 1240. The Morgan fingerprint density at radius 1 is 1.12 bits per heavy atom. The van der Waals surface area contributed by atoms with Gasteiger partial charge in [0, 0.05) is 56.2 Å². The highest BCUT2D eigenvalue weighted by Crippen LogP contribution is 2.30. The van der Waals surface area contributed by atoms with Crippen LogP contribution in [0.2, 0.25) is 0 Å². The van der Waals surface area contributed by atoms with Crippen molar-refractivity contribution in [2.24, 2.45) is 0 Å². The summed E-state index contributed by atoms with van der Waals surface area (Å²) in [6, 6.07) is 9.87. The molecule has 0 radical (unpaired) electrons. The number of fused-ring (bicyclic) bond motifs is 1. The molecule has 4 aromatic rings. The molecule has 1 saturated heterocycles. The summed E-state index contributed by atoms with van der Waals surface area (Å²) in [5.41, 5.74) is 4.52. The topological polar surface area (TPSA) is 81.0 Å². The number of nitrogens with zero attached hydrogens (tertiary/aromatic N) is 4. The number of hydrogen-bond acceptors (Lipinski definition) is 8. The molecule has 33 heavy (non-hydrogen) atoms. The number of carbonyl (C=O) groups is 1. The first-order valence-corrected chi connectivity index (χ1v) is 11.8. The van der Waals surface area contributed by atoms with Crippen LogP contribution in [0.25, 0.3) is 27.9 Å². The molecule has 0 unspecified atom stereocenters. The van der Waals surface area contributed by atoms with Gasteiger partial charge in [0.25, 0.3) is 0 Å². The van der Waals surface area contributed by atoms with Crippen LogP contribution < -0.4 is 10.1 Å². The summed E-state index contributed by atoms with van der Waals surface area (Å²) in [7, 11) is 1.38. The molecule has 1 N–H and O–H groups in total. The second-order valence-corrected chi connectivity index (χ2v) is 8.74. The number of piperazine rings is 1. The van der Waals surface area contributed by atoms with Gasteiger partial charge in [-0.15, -0.1) is 11.3 Å². The van der Waals surface area contributed by atoms with E-state index in [1.54, 1.807) is 10.7 Å². The number of methoxy groups -OCH3 is 1. The highest BCUT2D eigenvalue weighted by Gasteiger charge is 2.15. The van der Waals surface area contributed by atoms with E-state index in [1.165, 1.54) is 18.4 Å². The minimum absolute atomic E-state index is 0.339. The minimum Gasteiger partial charge on any atom is -0.492 e. The SMILES string of the molecule is COC(=O)c1cc(-c2cnn3cc(-c4ccc(OCCN5CCNCC5)cc4)cnc23)cs1. The van der Waals surface area contributed by atoms with Crippen LogP contribution in [-0.2, 0) is 4.74 Å². The van der Waals surface area contributed by atoms with Crippen LogP contribution in [0.4, 0.5) is 0 Å². The maximum absolute atomic E-state index is 11.8. The predicted molar refractivity (Wildman–Crippen MR) is 128 cm³/mol. The Balaban J connectivity index is 1.27. The highest BCUT2D eigenvalue weighted by molar-refractivity contribution is 7.12. The van der Waals surface area contributed by atoms with Gasteiger partial charge in [-0.05, 0) is 34.7 Å². The monoisotopic (exact) mass is 463 g/mol. The molecule has 1 aliphatic rings. The first-order valence-electron chi connectivity index (χ1n) is 10.9. The predicted octanol–water partition coefficient (Wildman–Crippen LogP) is 3.20. The second-order valence-electron chi connectivity index (χ2n) is 7.82. The quantitative estimate of drug-likeness (QED) is 0.422. The molecular formula is C24H25N5O3S. The Labute approximate surface area is 195 Å². The van der Waals surface area contributed by atoms with E-state index < -0.39 is 0 Å². The Morgan fingerprint density at radius 2 is 1.94 bits per heavy atom. The van der Waals surface area contributed by atoms with E-state index in [9.17, 15) is 4.79 Å². The molecule has 0 atom stereocenters. The van der Waals surface area contributed by atoms with Crippen molar-refractivity contribution in [2.45, 2.75) is 0 Å². The number of carbonyl (C=O) groups excluding carboxylic acids is 1. The van der Waals surface area contributed by atoms with Gasteiger partial charge in [-0.3, -0.25) is 4.90 Å². The van der Waals surface area contributed by atoms with Gasteiger partial charge in [-0.2, -0.15) is 5.10 Å². The third-order valence-corrected chi connectivity index (χ3v) is 6.64. The summed E-state index contributed by atoms with van der Waals surface area (Å²) in [4.78, 5) is 19.4. The zero-order chi connectivity index (χ0) is 22.6. The minimum atomic E-state index is -0.339. The number of ether oxygens (including phenoxy) is 2. The lowest BCUT2D eigenvalue weighted by Gasteiger charge is -2.26. The number of hydrogen-bond donors (Lipinski definition) is 1. The molecule has 1 fully saturated rings. The van der Waals surface area contributed by atoms with E-state index in [0.717, 1.165) is 66.4 Å². The van der Waals surface area contributed by atoms with Crippen molar-refractivity contribution in [3.05, 3.63) is 59.2 Å². The standard InChI is InChI=1S/C24H25N5O3S/c1-31-24(30)22-12-18(16-33-22)21-14-27-29-15-19(13-26-23(21)29)17-2-4-20(5-3-17)32-11-10-28-8-6-25-7-9-28/h2-5,12-16,25H,6-11H2,1H3. The molecule has 8 nitrogen and oxygen atoms in total. The molecule has 170 valence electrons. The molecule has 0 aliphatic carbocycles. The third-order valence-electron chi connectivity index (χ3n) is 5.73. The fraction of sp³-hybridized carbons (Fsp3) is 0.292. The van der Waals surface area contributed by atoms with E-state index in [0.29, 0.717) is 11.5 Å². The molecule has 5 rings (SSSR count). The van der Waals surface area contributed by atoms with Gasteiger partial charge < -0.3 is 14.8 Å². The van der Waals surface area contributed by atoms with Crippen LogP contribution in [0.1, 0.15) is 9.67 Å². The van der Waals surface area contributed by atoms with Crippen LogP contribution >= 0.6 is 11.3 Å². The van der Waals surface area contributed by atoms with E-state index in [4.69, 9.17) is 9.47 Å². The van der Waals surface area contributed by atoms with Crippen LogP contribution in [0.5, 0.6) is 5.75 Å². The summed E-state index contributed by atoms with van der Waals surface area (Å²) in [6.45, 7) is 5.87. The molecule has 0 bridgehead atoms. The lowest BCUT2D eigenvalue weighted by Crippen LogP contribution is -2.44. The molecular weight excluding hydrogens is 438 g/mol. The maximum atomic E-state index is 11.8. The Hall–Kier alpha value is -3.27. The van der Waals surface area contributed by atoms with E-state index in [1.807, 2.05) is 48.1 Å². The lowest BCUT2D eigenvalue weighted by molar-refractivity contribution is 0.0606. The number of benzene rings is 1. The summed E-state index contributed by atoms with van der Waals surface area (Å²) >= 11 is 1.35. The average Bonchev–Trinajstić information content (AvgIpc) is 3.51. The average molecular weight is 464 g/mol. The van der Waals surface area contributed by atoms with Crippen molar-refractivity contribution in [3.8, 4) is 28.0 Å². The van der Waals surface area contributed by atoms with Crippen molar-refractivity contribution in [3.63, 3.8) is 0 Å². The summed E-state index contributed by atoms with van der Waals surface area (Å²) in [5, 5.41) is 9.75. The van der Waals surface area contributed by atoms with Crippen molar-refractivity contribution < 1.29 is 14.3 Å². The molecule has 3 aromatic heterocycles. The van der Waals surface area contributed by atoms with Crippen molar-refractivity contribution in [2.75, 3.05) is 46.4 Å². The number of thiophene rings is 1. The van der Waals surface area contributed by atoms with Crippen molar-refractivity contribution in [1.82, 2.24) is 24.8 Å². The van der Waals surface area contributed by atoms with Gasteiger partial charge in [0.2, 0.25) is 0 Å². The summed E-state index contributed by atoms with van der Waals surface area (Å²) in [5.74, 6) is 0.525. The zero-order valence-electron chi connectivity index (χ0n) is 18.4. The molecule has 0 saturated carbocycles. The third kappa shape index (κ3) is 4.75. The fourth-order valence-electron chi connectivity index (χ4n) is 3.88.